The molecule has 1 aromatic carbocycles. The third kappa shape index (κ3) is 2.53. The molecule has 0 radical (unpaired) electrons. The molecule has 2 N–H and O–H groups in total. The molecule has 0 saturated heterocycles. The number of sulfone groups is 1. The maximum Gasteiger partial charge on any atom is 0.153 e. The van der Waals surface area contributed by atoms with Crippen LogP contribution in [0.2, 0.25) is 0 Å². The Morgan fingerprint density at radius 2 is 2.12 bits per heavy atom. The van der Waals surface area contributed by atoms with Crippen molar-refractivity contribution < 1.29 is 8.42 Å². The van der Waals surface area contributed by atoms with Crippen molar-refractivity contribution in [2.45, 2.75) is 30.9 Å². The van der Waals surface area contributed by atoms with Crippen molar-refractivity contribution in [2.75, 3.05) is 12.3 Å². The second kappa shape index (κ2) is 4.78. The summed E-state index contributed by atoms with van der Waals surface area (Å²) < 4.78 is 24.2. The monoisotopic (exact) mass is 253 g/mol. The molecule has 94 valence electrons. The summed E-state index contributed by atoms with van der Waals surface area (Å²) in [5, 5.41) is -0.319. The fourth-order valence-corrected chi connectivity index (χ4v) is 4.05. The van der Waals surface area contributed by atoms with Crippen LogP contribution >= 0.6 is 0 Å². The van der Waals surface area contributed by atoms with Gasteiger partial charge in [0, 0.05) is 5.92 Å². The number of fused-ring (bicyclic) bond motifs is 1. The summed E-state index contributed by atoms with van der Waals surface area (Å²) in [7, 11) is -3.01. The summed E-state index contributed by atoms with van der Waals surface area (Å²) in [4.78, 5) is 0. The Balaban J connectivity index is 2.05. The molecule has 0 aliphatic heterocycles. The predicted molar refractivity (Wildman–Crippen MR) is 69.8 cm³/mol. The summed E-state index contributed by atoms with van der Waals surface area (Å²) in [6.07, 6.45) is 1.45. The Morgan fingerprint density at radius 1 is 1.41 bits per heavy atom. The average Bonchev–Trinajstić information content (AvgIpc) is 2.26. The van der Waals surface area contributed by atoms with E-state index < -0.39 is 9.84 Å². The van der Waals surface area contributed by atoms with Crippen molar-refractivity contribution in [1.82, 2.24) is 0 Å². The van der Waals surface area contributed by atoms with Crippen LogP contribution in [0.1, 0.15) is 30.4 Å². The first kappa shape index (κ1) is 12.6. The standard InChI is InChI=1S/C13H19NO2S/c1-10(6-7-14)17(15,16)9-12-8-11-4-2-3-5-13(11)12/h2-5,10,12H,6-9,14H2,1H3. The van der Waals surface area contributed by atoms with Crippen LogP contribution in [0, 0.1) is 0 Å². The van der Waals surface area contributed by atoms with Gasteiger partial charge in [0.15, 0.2) is 9.84 Å². The van der Waals surface area contributed by atoms with Crippen LogP contribution in [0.25, 0.3) is 0 Å². The lowest BCUT2D eigenvalue weighted by molar-refractivity contribution is 0.561. The second-order valence-electron chi connectivity index (χ2n) is 4.82. The van der Waals surface area contributed by atoms with Crippen LogP contribution in [-0.2, 0) is 16.3 Å². The molecular weight excluding hydrogens is 234 g/mol. The van der Waals surface area contributed by atoms with Gasteiger partial charge in [-0.15, -0.1) is 0 Å². The summed E-state index contributed by atoms with van der Waals surface area (Å²) in [5.74, 6) is 0.460. The van der Waals surface area contributed by atoms with Crippen LogP contribution in [0.15, 0.2) is 24.3 Å². The maximum absolute atomic E-state index is 12.1. The molecule has 4 heteroatoms. The van der Waals surface area contributed by atoms with E-state index in [0.717, 1.165) is 6.42 Å². The SMILES string of the molecule is CC(CCN)S(=O)(=O)CC1Cc2ccccc21. The second-order valence-corrected chi connectivity index (χ2v) is 7.28. The summed E-state index contributed by atoms with van der Waals surface area (Å²) in [5.41, 5.74) is 7.91. The van der Waals surface area contributed by atoms with Crippen molar-refractivity contribution >= 4 is 9.84 Å². The zero-order valence-electron chi connectivity index (χ0n) is 10.1. The average molecular weight is 253 g/mol. The molecule has 0 fully saturated rings. The highest BCUT2D eigenvalue weighted by Gasteiger charge is 2.32. The maximum atomic E-state index is 12.1. The molecule has 2 unspecified atom stereocenters. The highest BCUT2D eigenvalue weighted by Crippen LogP contribution is 2.36. The van der Waals surface area contributed by atoms with E-state index in [0.29, 0.717) is 13.0 Å². The van der Waals surface area contributed by atoms with Crippen molar-refractivity contribution in [1.29, 1.82) is 0 Å². The molecule has 0 aromatic heterocycles. The lowest BCUT2D eigenvalue weighted by Crippen LogP contribution is -2.31. The minimum atomic E-state index is -3.01. The van der Waals surface area contributed by atoms with E-state index in [-0.39, 0.29) is 16.9 Å². The Morgan fingerprint density at radius 3 is 2.76 bits per heavy atom. The smallest absolute Gasteiger partial charge is 0.153 e. The summed E-state index contributed by atoms with van der Waals surface area (Å²) >= 11 is 0. The normalized spacial score (nSPS) is 20.5. The fourth-order valence-electron chi connectivity index (χ4n) is 2.37. The molecule has 1 aliphatic rings. The molecule has 0 amide bonds. The van der Waals surface area contributed by atoms with Gasteiger partial charge < -0.3 is 5.73 Å². The van der Waals surface area contributed by atoms with Crippen LogP contribution in [0.3, 0.4) is 0 Å². The van der Waals surface area contributed by atoms with Gasteiger partial charge in [-0.2, -0.15) is 0 Å². The van der Waals surface area contributed by atoms with E-state index in [1.54, 1.807) is 6.92 Å². The minimum Gasteiger partial charge on any atom is -0.330 e. The molecule has 0 spiro atoms. The molecule has 0 bridgehead atoms. The van der Waals surface area contributed by atoms with E-state index in [2.05, 4.69) is 6.07 Å². The van der Waals surface area contributed by atoms with Gasteiger partial charge in [-0.3, -0.25) is 0 Å². The number of hydrogen-bond acceptors (Lipinski definition) is 3. The van der Waals surface area contributed by atoms with E-state index in [9.17, 15) is 8.42 Å². The molecular formula is C13H19NO2S. The Kier molecular flexibility index (Phi) is 3.54. The number of rotatable bonds is 5. The summed E-state index contributed by atoms with van der Waals surface area (Å²) in [6, 6.07) is 8.08. The van der Waals surface area contributed by atoms with E-state index in [1.807, 2.05) is 18.2 Å². The van der Waals surface area contributed by atoms with Gasteiger partial charge in [0.2, 0.25) is 0 Å². The van der Waals surface area contributed by atoms with E-state index >= 15 is 0 Å². The van der Waals surface area contributed by atoms with Crippen LogP contribution in [-0.4, -0.2) is 26.0 Å². The third-order valence-corrected chi connectivity index (χ3v) is 5.91. The van der Waals surface area contributed by atoms with E-state index in [1.165, 1.54) is 11.1 Å². The number of nitrogens with two attached hydrogens (primary N) is 1. The molecule has 2 atom stereocenters. The Labute approximate surface area is 103 Å². The van der Waals surface area contributed by atoms with E-state index in [4.69, 9.17) is 5.73 Å². The van der Waals surface area contributed by atoms with Gasteiger partial charge in [0.25, 0.3) is 0 Å². The fraction of sp³-hybridized carbons (Fsp3) is 0.538. The first-order chi connectivity index (χ1) is 8.04. The largest absolute Gasteiger partial charge is 0.330 e. The zero-order chi connectivity index (χ0) is 12.5. The van der Waals surface area contributed by atoms with Gasteiger partial charge in [-0.25, -0.2) is 8.42 Å². The highest BCUT2D eigenvalue weighted by atomic mass is 32.2. The molecule has 17 heavy (non-hydrogen) atoms. The molecule has 1 aliphatic carbocycles. The number of benzene rings is 1. The summed E-state index contributed by atoms with van der Waals surface area (Å²) in [6.45, 7) is 2.19. The molecule has 3 nitrogen and oxygen atoms in total. The first-order valence-electron chi connectivity index (χ1n) is 6.04. The number of hydrogen-bond donors (Lipinski definition) is 1. The quantitative estimate of drug-likeness (QED) is 0.864. The first-order valence-corrected chi connectivity index (χ1v) is 7.75. The zero-order valence-corrected chi connectivity index (χ0v) is 10.9. The van der Waals surface area contributed by atoms with Crippen molar-refractivity contribution in [2.24, 2.45) is 5.73 Å². The van der Waals surface area contributed by atoms with Crippen LogP contribution in [0.4, 0.5) is 0 Å². The highest BCUT2D eigenvalue weighted by molar-refractivity contribution is 7.92. The molecule has 0 heterocycles. The van der Waals surface area contributed by atoms with Gasteiger partial charge in [-0.1, -0.05) is 24.3 Å². The van der Waals surface area contributed by atoms with Crippen molar-refractivity contribution in [3.05, 3.63) is 35.4 Å². The molecule has 2 rings (SSSR count). The van der Waals surface area contributed by atoms with Gasteiger partial charge in [0.1, 0.15) is 0 Å². The van der Waals surface area contributed by atoms with Gasteiger partial charge >= 0.3 is 0 Å². The van der Waals surface area contributed by atoms with Crippen LogP contribution < -0.4 is 5.73 Å². The third-order valence-electron chi connectivity index (χ3n) is 3.58. The van der Waals surface area contributed by atoms with Crippen molar-refractivity contribution in [3.63, 3.8) is 0 Å². The van der Waals surface area contributed by atoms with Crippen molar-refractivity contribution in [3.8, 4) is 0 Å². The minimum absolute atomic E-state index is 0.191. The Hall–Kier alpha value is -0.870. The lowest BCUT2D eigenvalue weighted by Gasteiger charge is -2.30. The molecule has 1 aromatic rings. The van der Waals surface area contributed by atoms with Gasteiger partial charge in [-0.05, 0) is 37.4 Å². The van der Waals surface area contributed by atoms with Crippen LogP contribution in [0.5, 0.6) is 0 Å². The molecule has 0 saturated carbocycles. The predicted octanol–water partition coefficient (Wildman–Crippen LogP) is 1.48. The topological polar surface area (TPSA) is 60.2 Å². The Bertz CT molecular complexity index is 496. The lowest BCUT2D eigenvalue weighted by atomic mass is 9.79. The van der Waals surface area contributed by atoms with Gasteiger partial charge in [0.05, 0.1) is 11.0 Å².